The lowest BCUT2D eigenvalue weighted by atomic mass is 10.1. The minimum absolute atomic E-state index is 0.0156. The van der Waals surface area contributed by atoms with Gasteiger partial charge in [0.1, 0.15) is 5.00 Å². The number of benzene rings is 1. The molecule has 0 aliphatic rings. The molecular weight excluding hydrogens is 430 g/mol. The number of rotatable bonds is 8. The van der Waals surface area contributed by atoms with Gasteiger partial charge in [-0.15, -0.1) is 22.7 Å². The summed E-state index contributed by atoms with van der Waals surface area (Å²) in [7, 11) is 0. The Morgan fingerprint density at radius 3 is 2.52 bits per heavy atom. The zero-order valence-electron chi connectivity index (χ0n) is 18.4. The molecule has 164 valence electrons. The zero-order valence-corrected chi connectivity index (χ0v) is 20.0. The number of thiophene rings is 1. The Kier molecular flexibility index (Phi) is 7.46. The van der Waals surface area contributed by atoms with E-state index in [-0.39, 0.29) is 11.9 Å². The summed E-state index contributed by atoms with van der Waals surface area (Å²) in [4.78, 5) is 30.0. The number of thiazole rings is 1. The molecule has 2 heterocycles. The normalized spacial score (nSPS) is 10.9. The van der Waals surface area contributed by atoms with E-state index in [1.165, 1.54) is 22.7 Å². The van der Waals surface area contributed by atoms with Gasteiger partial charge in [-0.1, -0.05) is 26.0 Å². The van der Waals surface area contributed by atoms with Gasteiger partial charge >= 0.3 is 5.97 Å². The van der Waals surface area contributed by atoms with E-state index in [0.717, 1.165) is 32.4 Å². The molecular formula is C23H27N3O3S2. The summed E-state index contributed by atoms with van der Waals surface area (Å²) in [6.07, 6.45) is 0.498. The van der Waals surface area contributed by atoms with Crippen molar-refractivity contribution in [2.75, 3.05) is 17.2 Å². The highest BCUT2D eigenvalue weighted by atomic mass is 32.1. The fraction of sp³-hybridized carbons (Fsp3) is 0.348. The standard InChI is InChI=1S/C23H27N3O3S2/c1-6-29-22(28)20-14(4)15(5)31-21(20)26-23-25-18(12-30-23)16-7-9-17(10-8-16)24-19(27)11-13(2)3/h7-10,12-13H,6,11H2,1-5H3,(H,24,27)(H,25,26). The molecule has 0 aliphatic heterocycles. The lowest BCUT2D eigenvalue weighted by Gasteiger charge is -2.07. The number of carbonyl (C=O) groups excluding carboxylic acids is 2. The summed E-state index contributed by atoms with van der Waals surface area (Å²) in [5.74, 6) is 0.0148. The van der Waals surface area contributed by atoms with E-state index in [1.54, 1.807) is 6.92 Å². The molecule has 0 bridgehead atoms. The van der Waals surface area contributed by atoms with Gasteiger partial charge in [-0.05, 0) is 44.4 Å². The smallest absolute Gasteiger partial charge is 0.341 e. The van der Waals surface area contributed by atoms with Crippen molar-refractivity contribution in [1.82, 2.24) is 4.98 Å². The Bertz CT molecular complexity index is 1070. The van der Waals surface area contributed by atoms with Crippen LogP contribution in [0.5, 0.6) is 0 Å². The van der Waals surface area contributed by atoms with Crippen molar-refractivity contribution in [2.45, 2.75) is 41.0 Å². The molecule has 31 heavy (non-hydrogen) atoms. The topological polar surface area (TPSA) is 80.3 Å². The summed E-state index contributed by atoms with van der Waals surface area (Å²) < 4.78 is 5.22. The van der Waals surface area contributed by atoms with Crippen molar-refractivity contribution < 1.29 is 14.3 Å². The molecule has 0 fully saturated rings. The van der Waals surface area contributed by atoms with Gasteiger partial charge in [-0.3, -0.25) is 4.79 Å². The molecule has 0 atom stereocenters. The fourth-order valence-electron chi connectivity index (χ4n) is 3.03. The first-order valence-corrected chi connectivity index (χ1v) is 11.9. The molecule has 2 aromatic heterocycles. The number of hydrogen-bond donors (Lipinski definition) is 2. The van der Waals surface area contributed by atoms with Crippen LogP contribution in [0.15, 0.2) is 29.6 Å². The summed E-state index contributed by atoms with van der Waals surface area (Å²) in [6.45, 7) is 10.1. The third-order valence-corrected chi connectivity index (χ3v) is 6.53. The zero-order chi connectivity index (χ0) is 22.5. The maximum absolute atomic E-state index is 12.4. The number of nitrogens with one attached hydrogen (secondary N) is 2. The maximum Gasteiger partial charge on any atom is 0.341 e. The Hall–Kier alpha value is -2.71. The second-order valence-corrected chi connectivity index (χ2v) is 9.68. The number of anilines is 3. The van der Waals surface area contributed by atoms with Gasteiger partial charge in [0, 0.05) is 27.9 Å². The summed E-state index contributed by atoms with van der Waals surface area (Å²) in [6, 6.07) is 7.64. The predicted octanol–water partition coefficient (Wildman–Crippen LogP) is 6.39. The average molecular weight is 458 g/mol. The van der Waals surface area contributed by atoms with Crippen LogP contribution in [0, 0.1) is 19.8 Å². The third kappa shape index (κ3) is 5.71. The number of amides is 1. The molecule has 1 amide bonds. The fourth-order valence-corrected chi connectivity index (χ4v) is 4.87. The molecule has 1 aromatic carbocycles. The molecule has 0 radical (unpaired) electrons. The van der Waals surface area contributed by atoms with E-state index in [1.807, 2.05) is 57.3 Å². The summed E-state index contributed by atoms with van der Waals surface area (Å²) >= 11 is 2.99. The second-order valence-electron chi connectivity index (χ2n) is 7.59. The molecule has 0 saturated carbocycles. The largest absolute Gasteiger partial charge is 0.462 e. The highest BCUT2D eigenvalue weighted by molar-refractivity contribution is 7.18. The number of aromatic nitrogens is 1. The first-order chi connectivity index (χ1) is 14.8. The predicted molar refractivity (Wildman–Crippen MR) is 129 cm³/mol. The van der Waals surface area contributed by atoms with Gasteiger partial charge in [-0.25, -0.2) is 9.78 Å². The van der Waals surface area contributed by atoms with E-state index in [0.29, 0.717) is 29.6 Å². The average Bonchev–Trinajstić information content (AvgIpc) is 3.27. The van der Waals surface area contributed by atoms with Crippen molar-refractivity contribution in [3.8, 4) is 11.3 Å². The molecule has 3 rings (SSSR count). The molecule has 0 saturated heterocycles. The van der Waals surface area contributed by atoms with Crippen molar-refractivity contribution in [1.29, 1.82) is 0 Å². The molecule has 3 aromatic rings. The molecule has 0 spiro atoms. The highest BCUT2D eigenvalue weighted by Crippen LogP contribution is 2.36. The number of carbonyl (C=O) groups is 2. The Balaban J connectivity index is 1.73. The maximum atomic E-state index is 12.4. The molecule has 0 unspecified atom stereocenters. The highest BCUT2D eigenvalue weighted by Gasteiger charge is 2.21. The monoisotopic (exact) mass is 457 g/mol. The number of ether oxygens (including phenoxy) is 1. The van der Waals surface area contributed by atoms with Crippen molar-refractivity contribution in [3.63, 3.8) is 0 Å². The van der Waals surface area contributed by atoms with Crippen molar-refractivity contribution in [2.24, 2.45) is 5.92 Å². The van der Waals surface area contributed by atoms with Crippen LogP contribution in [0.25, 0.3) is 11.3 Å². The molecule has 6 nitrogen and oxygen atoms in total. The number of esters is 1. The van der Waals surface area contributed by atoms with Gasteiger partial charge < -0.3 is 15.4 Å². The Morgan fingerprint density at radius 1 is 1.16 bits per heavy atom. The van der Waals surface area contributed by atoms with Crippen LogP contribution in [-0.4, -0.2) is 23.5 Å². The molecule has 8 heteroatoms. The van der Waals surface area contributed by atoms with Crippen LogP contribution < -0.4 is 10.6 Å². The van der Waals surface area contributed by atoms with Crippen LogP contribution >= 0.6 is 22.7 Å². The number of nitrogens with zero attached hydrogens (tertiary/aromatic N) is 1. The van der Waals surface area contributed by atoms with Gasteiger partial charge in [-0.2, -0.15) is 0 Å². The number of hydrogen-bond acceptors (Lipinski definition) is 7. The Labute approximate surface area is 190 Å². The Morgan fingerprint density at radius 2 is 1.87 bits per heavy atom. The van der Waals surface area contributed by atoms with E-state index >= 15 is 0 Å². The first-order valence-electron chi connectivity index (χ1n) is 10.2. The lowest BCUT2D eigenvalue weighted by molar-refractivity contribution is -0.116. The second kappa shape index (κ2) is 10.1. The minimum Gasteiger partial charge on any atom is -0.462 e. The molecule has 2 N–H and O–H groups in total. The quantitative estimate of drug-likeness (QED) is 0.383. The van der Waals surface area contributed by atoms with Crippen LogP contribution in [0.3, 0.4) is 0 Å². The van der Waals surface area contributed by atoms with E-state index in [9.17, 15) is 9.59 Å². The lowest BCUT2D eigenvalue weighted by Crippen LogP contribution is -2.13. The summed E-state index contributed by atoms with van der Waals surface area (Å²) in [5, 5.41) is 9.62. The van der Waals surface area contributed by atoms with E-state index in [4.69, 9.17) is 4.74 Å². The van der Waals surface area contributed by atoms with Gasteiger partial charge in [0.15, 0.2) is 5.13 Å². The van der Waals surface area contributed by atoms with E-state index < -0.39 is 0 Å². The van der Waals surface area contributed by atoms with Crippen LogP contribution in [-0.2, 0) is 9.53 Å². The van der Waals surface area contributed by atoms with Gasteiger partial charge in [0.2, 0.25) is 5.91 Å². The van der Waals surface area contributed by atoms with Crippen LogP contribution in [0.4, 0.5) is 15.8 Å². The van der Waals surface area contributed by atoms with Crippen molar-refractivity contribution in [3.05, 3.63) is 45.6 Å². The first kappa shape index (κ1) is 23.0. The number of aryl methyl sites for hydroxylation is 1. The molecule has 0 aliphatic carbocycles. The summed E-state index contributed by atoms with van der Waals surface area (Å²) in [5.41, 5.74) is 4.05. The SMILES string of the molecule is CCOC(=O)c1c(Nc2nc(-c3ccc(NC(=O)CC(C)C)cc3)cs2)sc(C)c1C. The van der Waals surface area contributed by atoms with Crippen LogP contribution in [0.2, 0.25) is 0 Å². The van der Waals surface area contributed by atoms with Crippen LogP contribution in [0.1, 0.15) is 48.0 Å². The van der Waals surface area contributed by atoms with Gasteiger partial charge in [0.05, 0.1) is 17.9 Å². The van der Waals surface area contributed by atoms with Gasteiger partial charge in [0.25, 0.3) is 0 Å². The van der Waals surface area contributed by atoms with E-state index in [2.05, 4.69) is 15.6 Å². The van der Waals surface area contributed by atoms with Crippen molar-refractivity contribution >= 4 is 50.4 Å². The minimum atomic E-state index is -0.321. The third-order valence-electron chi connectivity index (χ3n) is 4.65.